The second kappa shape index (κ2) is 4.78. The molecule has 0 aromatic heterocycles. The van der Waals surface area contributed by atoms with Gasteiger partial charge >= 0.3 is 0 Å². The molecule has 19 heavy (non-hydrogen) atoms. The van der Waals surface area contributed by atoms with Crippen LogP contribution in [-0.2, 0) is 10.8 Å². The Hall–Kier alpha value is -1.67. The summed E-state index contributed by atoms with van der Waals surface area (Å²) in [5.74, 6) is 0.563. The molecule has 2 aromatic rings. The normalized spacial score (nSPS) is 14.8. The molecule has 0 unspecified atom stereocenters. The van der Waals surface area contributed by atoms with Crippen molar-refractivity contribution < 1.29 is 4.21 Å². The SMILES string of the molecule is C=C(C)C[S@](=O)C1c2ccccc2-c2ccccc21. The summed E-state index contributed by atoms with van der Waals surface area (Å²) in [6.45, 7) is 5.82. The van der Waals surface area contributed by atoms with Crippen LogP contribution < -0.4 is 0 Å². The van der Waals surface area contributed by atoms with Crippen LogP contribution in [0.1, 0.15) is 23.3 Å². The average molecular weight is 268 g/mol. The van der Waals surface area contributed by atoms with E-state index >= 15 is 0 Å². The van der Waals surface area contributed by atoms with Crippen LogP contribution >= 0.6 is 0 Å². The van der Waals surface area contributed by atoms with E-state index in [1.807, 2.05) is 31.2 Å². The molecule has 0 bridgehead atoms. The fourth-order valence-corrected chi connectivity index (χ4v) is 4.35. The summed E-state index contributed by atoms with van der Waals surface area (Å²) in [7, 11) is -0.948. The summed E-state index contributed by atoms with van der Waals surface area (Å²) in [5.41, 5.74) is 5.78. The number of rotatable bonds is 3. The third kappa shape index (κ3) is 2.06. The highest BCUT2D eigenvalue weighted by atomic mass is 32.2. The summed E-state index contributed by atoms with van der Waals surface area (Å²) in [4.78, 5) is 0. The molecule has 1 nitrogen and oxygen atoms in total. The van der Waals surface area contributed by atoms with E-state index in [1.54, 1.807) is 0 Å². The molecule has 0 fully saturated rings. The van der Waals surface area contributed by atoms with Gasteiger partial charge in [-0.2, -0.15) is 0 Å². The molecule has 0 saturated carbocycles. The summed E-state index contributed by atoms with van der Waals surface area (Å²) in [6, 6.07) is 16.6. The Balaban J connectivity index is 2.15. The van der Waals surface area contributed by atoms with E-state index in [9.17, 15) is 4.21 Å². The first-order valence-corrected chi connectivity index (χ1v) is 7.76. The maximum absolute atomic E-state index is 12.6. The van der Waals surface area contributed by atoms with Gasteiger partial charge in [0.05, 0.1) is 5.25 Å². The van der Waals surface area contributed by atoms with E-state index in [-0.39, 0.29) is 5.25 Å². The molecule has 3 rings (SSSR count). The van der Waals surface area contributed by atoms with Crippen LogP contribution in [-0.4, -0.2) is 9.96 Å². The number of hydrogen-bond acceptors (Lipinski definition) is 1. The van der Waals surface area contributed by atoms with Crippen molar-refractivity contribution in [3.05, 3.63) is 71.8 Å². The third-order valence-corrected chi connectivity index (χ3v) is 5.24. The molecule has 2 aromatic carbocycles. The van der Waals surface area contributed by atoms with E-state index in [0.717, 1.165) is 5.57 Å². The van der Waals surface area contributed by atoms with Crippen LogP contribution in [0.5, 0.6) is 0 Å². The fourth-order valence-electron chi connectivity index (χ4n) is 2.72. The van der Waals surface area contributed by atoms with Crippen molar-refractivity contribution in [2.45, 2.75) is 12.2 Å². The molecule has 2 heteroatoms. The summed E-state index contributed by atoms with van der Waals surface area (Å²) < 4.78 is 12.6. The zero-order valence-corrected chi connectivity index (χ0v) is 11.7. The second-order valence-corrected chi connectivity index (χ2v) is 6.56. The van der Waals surface area contributed by atoms with Gasteiger partial charge in [0.15, 0.2) is 0 Å². The number of fused-ring (bicyclic) bond motifs is 3. The minimum atomic E-state index is -0.948. The lowest BCUT2D eigenvalue weighted by atomic mass is 10.1. The Labute approximate surface area is 116 Å². The van der Waals surface area contributed by atoms with E-state index in [0.29, 0.717) is 5.75 Å². The first-order chi connectivity index (χ1) is 9.18. The second-order valence-electron chi connectivity index (χ2n) is 5.04. The summed E-state index contributed by atoms with van der Waals surface area (Å²) >= 11 is 0. The number of benzene rings is 2. The van der Waals surface area contributed by atoms with Gasteiger partial charge in [0.2, 0.25) is 0 Å². The molecule has 0 aliphatic heterocycles. The first kappa shape index (κ1) is 12.4. The van der Waals surface area contributed by atoms with Gasteiger partial charge in [-0.05, 0) is 29.2 Å². The fraction of sp³-hybridized carbons (Fsp3) is 0.176. The lowest BCUT2D eigenvalue weighted by Crippen LogP contribution is -2.09. The van der Waals surface area contributed by atoms with Gasteiger partial charge in [-0.25, -0.2) is 0 Å². The van der Waals surface area contributed by atoms with Gasteiger partial charge < -0.3 is 0 Å². The lowest BCUT2D eigenvalue weighted by molar-refractivity contribution is 0.680. The molecule has 0 saturated heterocycles. The molecule has 1 atom stereocenters. The van der Waals surface area contributed by atoms with Gasteiger partial charge in [-0.3, -0.25) is 4.21 Å². The summed E-state index contributed by atoms with van der Waals surface area (Å²) in [6.07, 6.45) is 0. The molecule has 1 aliphatic rings. The monoisotopic (exact) mass is 268 g/mol. The smallest absolute Gasteiger partial charge is 0.0862 e. The van der Waals surface area contributed by atoms with Gasteiger partial charge in [-0.15, -0.1) is 0 Å². The van der Waals surface area contributed by atoms with Crippen LogP contribution in [0.25, 0.3) is 11.1 Å². The number of hydrogen-bond donors (Lipinski definition) is 0. The topological polar surface area (TPSA) is 17.1 Å². The standard InChI is InChI=1S/C17H16OS/c1-12(2)11-19(18)17-15-9-5-3-7-13(15)14-8-4-6-10-16(14)17/h3-10,17H,1,11H2,2H3/t19-/m0/s1. The molecule has 0 heterocycles. The van der Waals surface area contributed by atoms with Crippen molar-refractivity contribution in [1.82, 2.24) is 0 Å². The highest BCUT2D eigenvalue weighted by Gasteiger charge is 2.31. The van der Waals surface area contributed by atoms with Gasteiger partial charge in [0.25, 0.3) is 0 Å². The molecular weight excluding hydrogens is 252 g/mol. The van der Waals surface area contributed by atoms with Crippen LogP contribution in [0.15, 0.2) is 60.7 Å². The molecule has 1 aliphatic carbocycles. The lowest BCUT2D eigenvalue weighted by Gasteiger charge is -2.13. The molecule has 96 valence electrons. The van der Waals surface area contributed by atoms with E-state index < -0.39 is 10.8 Å². The highest BCUT2D eigenvalue weighted by molar-refractivity contribution is 7.85. The first-order valence-electron chi connectivity index (χ1n) is 6.38. The maximum atomic E-state index is 12.6. The molecule has 0 N–H and O–H groups in total. The van der Waals surface area contributed by atoms with Crippen LogP contribution in [0.2, 0.25) is 0 Å². The van der Waals surface area contributed by atoms with E-state index in [2.05, 4.69) is 30.8 Å². The Kier molecular flexibility index (Phi) is 3.11. The van der Waals surface area contributed by atoms with Crippen molar-refractivity contribution in [2.75, 3.05) is 5.75 Å². The molecule has 0 amide bonds. The molecule has 0 radical (unpaired) electrons. The van der Waals surface area contributed by atoms with Gasteiger partial charge in [-0.1, -0.05) is 60.7 Å². The predicted molar refractivity (Wildman–Crippen MR) is 81.5 cm³/mol. The van der Waals surface area contributed by atoms with Gasteiger partial charge in [0, 0.05) is 16.6 Å². The Morgan fingerprint density at radius 2 is 1.53 bits per heavy atom. The molecule has 0 spiro atoms. The quantitative estimate of drug-likeness (QED) is 0.767. The maximum Gasteiger partial charge on any atom is 0.0862 e. The van der Waals surface area contributed by atoms with Crippen LogP contribution in [0.4, 0.5) is 0 Å². The van der Waals surface area contributed by atoms with Crippen molar-refractivity contribution in [3.8, 4) is 11.1 Å². The zero-order chi connectivity index (χ0) is 13.4. The van der Waals surface area contributed by atoms with Crippen LogP contribution in [0.3, 0.4) is 0 Å². The van der Waals surface area contributed by atoms with Crippen LogP contribution in [0, 0.1) is 0 Å². The minimum Gasteiger partial charge on any atom is -0.258 e. The Bertz CT molecular complexity index is 627. The highest BCUT2D eigenvalue weighted by Crippen LogP contribution is 2.46. The van der Waals surface area contributed by atoms with Crippen molar-refractivity contribution in [2.24, 2.45) is 0 Å². The molecular formula is C17H16OS. The van der Waals surface area contributed by atoms with Crippen molar-refractivity contribution in [3.63, 3.8) is 0 Å². The largest absolute Gasteiger partial charge is 0.258 e. The summed E-state index contributed by atoms with van der Waals surface area (Å²) in [5, 5.41) is -0.0101. The van der Waals surface area contributed by atoms with Gasteiger partial charge in [0.1, 0.15) is 0 Å². The zero-order valence-electron chi connectivity index (χ0n) is 10.9. The predicted octanol–water partition coefficient (Wildman–Crippen LogP) is 4.08. The average Bonchev–Trinajstić information content (AvgIpc) is 2.72. The van der Waals surface area contributed by atoms with Crippen molar-refractivity contribution >= 4 is 10.8 Å². The van der Waals surface area contributed by atoms with Crippen molar-refractivity contribution in [1.29, 1.82) is 0 Å². The van der Waals surface area contributed by atoms with E-state index in [4.69, 9.17) is 0 Å². The minimum absolute atomic E-state index is 0.0101. The Morgan fingerprint density at radius 3 is 2.00 bits per heavy atom. The Morgan fingerprint density at radius 1 is 1.05 bits per heavy atom. The third-order valence-electron chi connectivity index (χ3n) is 3.43. The van der Waals surface area contributed by atoms with E-state index in [1.165, 1.54) is 22.3 Å².